The van der Waals surface area contributed by atoms with Crippen LogP contribution in [-0.4, -0.2) is 10.6 Å². The zero-order chi connectivity index (χ0) is 35.3. The van der Waals surface area contributed by atoms with E-state index in [1.807, 2.05) is 0 Å². The Bertz CT molecular complexity index is 2810. The van der Waals surface area contributed by atoms with Crippen LogP contribution in [0.25, 0.3) is 60.9 Å². The highest BCUT2D eigenvalue weighted by Gasteiger charge is 2.38. The average molecular weight is 679 g/mol. The fourth-order valence-corrected chi connectivity index (χ4v) is 9.53. The first kappa shape index (κ1) is 30.3. The molecule has 53 heavy (non-hydrogen) atoms. The smallest absolute Gasteiger partial charge is 0.0629 e. The monoisotopic (exact) mass is 678 g/mol. The van der Waals surface area contributed by atoms with E-state index < -0.39 is 0 Å². The Morgan fingerprint density at radius 1 is 0.472 bits per heavy atom. The molecule has 0 saturated heterocycles. The van der Waals surface area contributed by atoms with Crippen molar-refractivity contribution < 1.29 is 0 Å². The van der Waals surface area contributed by atoms with Gasteiger partial charge in [-0.1, -0.05) is 141 Å². The molecule has 2 atom stereocenters. The second-order valence-electron chi connectivity index (χ2n) is 15.3. The van der Waals surface area contributed by atoms with E-state index in [4.69, 9.17) is 0 Å². The molecule has 7 aromatic carbocycles. The highest BCUT2D eigenvalue weighted by Crippen LogP contribution is 2.51. The summed E-state index contributed by atoms with van der Waals surface area (Å²) in [7, 11) is 0. The lowest BCUT2D eigenvalue weighted by atomic mass is 9.82. The van der Waals surface area contributed by atoms with E-state index in [2.05, 4.69) is 205 Å². The van der Waals surface area contributed by atoms with Crippen LogP contribution in [0.3, 0.4) is 0 Å². The van der Waals surface area contributed by atoms with E-state index in [1.165, 1.54) is 88.9 Å². The summed E-state index contributed by atoms with van der Waals surface area (Å²) in [6.45, 7) is 4.72. The van der Waals surface area contributed by atoms with Crippen molar-refractivity contribution in [2.24, 2.45) is 0 Å². The fourth-order valence-electron chi connectivity index (χ4n) is 9.53. The lowest BCUT2D eigenvalue weighted by molar-refractivity contribution is 0.660. The van der Waals surface area contributed by atoms with Crippen molar-refractivity contribution in [2.45, 2.75) is 31.2 Å². The third-order valence-corrected chi connectivity index (χ3v) is 12.1. The van der Waals surface area contributed by atoms with Crippen LogP contribution in [0.4, 0.5) is 11.4 Å². The zero-order valence-electron chi connectivity index (χ0n) is 29.9. The molecule has 0 amide bonds. The zero-order valence-corrected chi connectivity index (χ0v) is 29.9. The minimum Gasteiger partial charge on any atom is -0.333 e. The van der Waals surface area contributed by atoms with Gasteiger partial charge in [-0.25, -0.2) is 0 Å². The fraction of sp³-hybridized carbons (Fsp3) is 0.0980. The van der Waals surface area contributed by atoms with E-state index in [0.29, 0.717) is 5.92 Å². The Hall–Kier alpha value is -6.38. The molecule has 2 heterocycles. The molecule has 0 N–H and O–H groups in total. The number of rotatable bonds is 4. The summed E-state index contributed by atoms with van der Waals surface area (Å²) in [5, 5.41) is 2.55. The first-order valence-corrected chi connectivity index (χ1v) is 18.8. The number of nitrogens with zero attached hydrogens (tertiary/aromatic N) is 2. The van der Waals surface area contributed by atoms with Gasteiger partial charge in [0.1, 0.15) is 0 Å². The van der Waals surface area contributed by atoms with Gasteiger partial charge in [-0.2, -0.15) is 0 Å². The molecule has 1 aromatic heterocycles. The number of benzene rings is 7. The Labute approximate surface area is 310 Å². The van der Waals surface area contributed by atoms with Crippen LogP contribution in [-0.2, 0) is 5.41 Å². The molecule has 2 heteroatoms. The van der Waals surface area contributed by atoms with Crippen LogP contribution in [0.5, 0.6) is 0 Å². The first-order chi connectivity index (χ1) is 26.0. The van der Waals surface area contributed by atoms with Gasteiger partial charge < -0.3 is 9.47 Å². The molecule has 0 bridgehead atoms. The van der Waals surface area contributed by atoms with Gasteiger partial charge in [0.05, 0.1) is 17.1 Å². The lowest BCUT2D eigenvalue weighted by Gasteiger charge is -2.28. The van der Waals surface area contributed by atoms with Gasteiger partial charge in [0.2, 0.25) is 0 Å². The van der Waals surface area contributed by atoms with Gasteiger partial charge in [-0.3, -0.25) is 0 Å². The van der Waals surface area contributed by atoms with Gasteiger partial charge in [-0.15, -0.1) is 0 Å². The Balaban J connectivity index is 1.00. The Kier molecular flexibility index (Phi) is 6.46. The minimum atomic E-state index is -0.0506. The summed E-state index contributed by atoms with van der Waals surface area (Å²) in [5.41, 5.74) is 18.0. The maximum Gasteiger partial charge on any atom is 0.0629 e. The van der Waals surface area contributed by atoms with E-state index >= 15 is 0 Å². The standard InChI is InChI=1S/C51H38N2/c1-51(2)45-17-9-6-14-39(45)40-27-26-38(32-46(40)51)53-48-19-11-8-16-42(48)44-31-36(23-29-50(44)53)35-22-28-49-43(30-35)41-15-7-10-18-47(41)52(49)37-24-20-34(21-25-37)33-12-4-3-5-13-33/h3-32,41,47H,1-2H3. The third-order valence-electron chi connectivity index (χ3n) is 12.1. The molecule has 8 aromatic rings. The highest BCUT2D eigenvalue weighted by molar-refractivity contribution is 6.10. The summed E-state index contributed by atoms with van der Waals surface area (Å²) in [6, 6.07) is 58.9. The van der Waals surface area contributed by atoms with Crippen LogP contribution >= 0.6 is 0 Å². The van der Waals surface area contributed by atoms with Gasteiger partial charge in [0.15, 0.2) is 0 Å². The molecule has 0 radical (unpaired) electrons. The molecule has 252 valence electrons. The number of fused-ring (bicyclic) bond motifs is 9. The van der Waals surface area contributed by atoms with E-state index in [9.17, 15) is 0 Å². The van der Waals surface area contributed by atoms with E-state index in [0.717, 1.165) is 0 Å². The molecule has 2 aliphatic carbocycles. The van der Waals surface area contributed by atoms with E-state index in [-0.39, 0.29) is 11.5 Å². The largest absolute Gasteiger partial charge is 0.333 e. The predicted octanol–water partition coefficient (Wildman–Crippen LogP) is 13.2. The maximum atomic E-state index is 2.52. The van der Waals surface area contributed by atoms with Crippen molar-refractivity contribution in [3.63, 3.8) is 0 Å². The Morgan fingerprint density at radius 3 is 2.02 bits per heavy atom. The molecule has 0 fully saturated rings. The van der Waals surface area contributed by atoms with Crippen LogP contribution in [0, 0.1) is 0 Å². The molecular weight excluding hydrogens is 641 g/mol. The van der Waals surface area contributed by atoms with Gasteiger partial charge >= 0.3 is 0 Å². The van der Waals surface area contributed by atoms with Crippen LogP contribution in [0.2, 0.25) is 0 Å². The number of aromatic nitrogens is 1. The molecule has 2 nitrogen and oxygen atoms in total. The van der Waals surface area contributed by atoms with Crippen LogP contribution in [0.1, 0.15) is 36.5 Å². The second-order valence-corrected chi connectivity index (χ2v) is 15.3. The molecule has 0 saturated carbocycles. The molecule has 1 aliphatic heterocycles. The molecule has 11 rings (SSSR count). The van der Waals surface area contributed by atoms with Crippen molar-refractivity contribution in [3.05, 3.63) is 199 Å². The van der Waals surface area contributed by atoms with Crippen LogP contribution in [0.15, 0.2) is 182 Å². The van der Waals surface area contributed by atoms with Gasteiger partial charge in [0, 0.05) is 39.2 Å². The van der Waals surface area contributed by atoms with Crippen molar-refractivity contribution in [1.82, 2.24) is 4.57 Å². The van der Waals surface area contributed by atoms with Crippen molar-refractivity contribution in [2.75, 3.05) is 4.90 Å². The molecular formula is C51H38N2. The minimum absolute atomic E-state index is 0.0506. The van der Waals surface area contributed by atoms with Crippen molar-refractivity contribution in [1.29, 1.82) is 0 Å². The highest BCUT2D eigenvalue weighted by atomic mass is 15.2. The van der Waals surface area contributed by atoms with Crippen molar-refractivity contribution in [3.8, 4) is 39.1 Å². The topological polar surface area (TPSA) is 8.17 Å². The number of hydrogen-bond acceptors (Lipinski definition) is 1. The van der Waals surface area contributed by atoms with Crippen LogP contribution < -0.4 is 4.90 Å². The SMILES string of the molecule is CC1(C)c2ccccc2-c2ccc(-n3c4ccccc4c4cc(-c5ccc6c(c5)C5C=CC=CC5N6c5ccc(-c6ccccc6)cc5)ccc43)cc21. The third kappa shape index (κ3) is 4.45. The summed E-state index contributed by atoms with van der Waals surface area (Å²) in [6.07, 6.45) is 9.14. The molecule has 2 unspecified atom stereocenters. The van der Waals surface area contributed by atoms with Gasteiger partial charge in [0.25, 0.3) is 0 Å². The summed E-state index contributed by atoms with van der Waals surface area (Å²) < 4.78 is 2.46. The molecule has 0 spiro atoms. The Morgan fingerprint density at radius 2 is 1.13 bits per heavy atom. The lowest BCUT2D eigenvalue weighted by Crippen LogP contribution is -2.28. The van der Waals surface area contributed by atoms with E-state index in [1.54, 1.807) is 0 Å². The maximum absolute atomic E-state index is 2.52. The first-order valence-electron chi connectivity index (χ1n) is 18.8. The summed E-state index contributed by atoms with van der Waals surface area (Å²) in [4.78, 5) is 2.52. The summed E-state index contributed by atoms with van der Waals surface area (Å²) in [5.74, 6) is 0.296. The number of para-hydroxylation sites is 1. The summed E-state index contributed by atoms with van der Waals surface area (Å²) >= 11 is 0. The number of allylic oxidation sites excluding steroid dienone is 2. The van der Waals surface area contributed by atoms with Crippen molar-refractivity contribution >= 4 is 33.2 Å². The second kappa shape index (κ2) is 11.3. The normalized spacial score (nSPS) is 17.6. The predicted molar refractivity (Wildman–Crippen MR) is 223 cm³/mol. The van der Waals surface area contributed by atoms with Gasteiger partial charge in [-0.05, 0) is 105 Å². The average Bonchev–Trinajstić information content (AvgIpc) is 3.81. The molecule has 3 aliphatic rings. The quantitative estimate of drug-likeness (QED) is 0.180. The number of anilines is 2. The number of hydrogen-bond donors (Lipinski definition) is 0.